The predicted octanol–water partition coefficient (Wildman–Crippen LogP) is 0.740. The van der Waals surface area contributed by atoms with Crippen molar-refractivity contribution in [3.05, 3.63) is 29.8 Å². The SMILES string of the molecule is O=Cc1ccc(N2CCC(=O)N2)cc1. The van der Waals surface area contributed by atoms with Crippen molar-refractivity contribution < 1.29 is 9.59 Å². The summed E-state index contributed by atoms with van der Waals surface area (Å²) in [6, 6.07) is 7.09. The lowest BCUT2D eigenvalue weighted by Crippen LogP contribution is -2.32. The Bertz CT molecular complexity index is 359. The zero-order chi connectivity index (χ0) is 9.97. The van der Waals surface area contributed by atoms with Gasteiger partial charge in [0.25, 0.3) is 0 Å². The fourth-order valence-electron chi connectivity index (χ4n) is 1.40. The Morgan fingerprint density at radius 3 is 2.50 bits per heavy atom. The molecule has 2 rings (SSSR count). The molecule has 1 amide bonds. The van der Waals surface area contributed by atoms with Crippen molar-refractivity contribution in [1.29, 1.82) is 0 Å². The Hall–Kier alpha value is -1.84. The zero-order valence-corrected chi connectivity index (χ0v) is 7.56. The van der Waals surface area contributed by atoms with E-state index >= 15 is 0 Å². The van der Waals surface area contributed by atoms with E-state index in [0.717, 1.165) is 12.0 Å². The van der Waals surface area contributed by atoms with Crippen molar-refractivity contribution in [2.45, 2.75) is 6.42 Å². The Morgan fingerprint density at radius 1 is 1.29 bits per heavy atom. The van der Waals surface area contributed by atoms with Gasteiger partial charge in [-0.3, -0.25) is 20.0 Å². The van der Waals surface area contributed by atoms with Crippen molar-refractivity contribution in [3.63, 3.8) is 0 Å². The second-order valence-corrected chi connectivity index (χ2v) is 3.15. The van der Waals surface area contributed by atoms with Crippen LogP contribution in [0.15, 0.2) is 24.3 Å². The molecule has 1 aromatic rings. The van der Waals surface area contributed by atoms with Gasteiger partial charge in [-0.1, -0.05) is 0 Å². The second kappa shape index (κ2) is 3.49. The second-order valence-electron chi connectivity index (χ2n) is 3.15. The summed E-state index contributed by atoms with van der Waals surface area (Å²) in [4.78, 5) is 21.3. The first-order valence-corrected chi connectivity index (χ1v) is 4.42. The van der Waals surface area contributed by atoms with Crippen LogP contribution in [-0.2, 0) is 4.79 Å². The third kappa shape index (κ3) is 1.59. The number of nitrogens with zero attached hydrogens (tertiary/aromatic N) is 1. The average Bonchev–Trinajstić information content (AvgIpc) is 2.65. The van der Waals surface area contributed by atoms with Crippen LogP contribution in [0.3, 0.4) is 0 Å². The highest BCUT2D eigenvalue weighted by atomic mass is 16.2. The first-order chi connectivity index (χ1) is 6.79. The maximum atomic E-state index is 10.9. The lowest BCUT2D eigenvalue weighted by Gasteiger charge is -2.16. The standard InChI is InChI=1S/C10H10N2O2/c13-7-8-1-3-9(4-2-8)12-6-5-10(14)11-12/h1-4,7H,5-6H2,(H,11,14). The molecule has 4 heteroatoms. The van der Waals surface area contributed by atoms with Crippen LogP contribution in [0, 0.1) is 0 Å². The number of benzene rings is 1. The molecule has 4 nitrogen and oxygen atoms in total. The number of hydrogen-bond donors (Lipinski definition) is 1. The molecule has 0 bridgehead atoms. The molecule has 1 saturated heterocycles. The van der Waals surface area contributed by atoms with Crippen LogP contribution in [0.4, 0.5) is 5.69 Å². The van der Waals surface area contributed by atoms with Crippen LogP contribution in [0.1, 0.15) is 16.8 Å². The summed E-state index contributed by atoms with van der Waals surface area (Å²) >= 11 is 0. The molecule has 0 aliphatic carbocycles. The van der Waals surface area contributed by atoms with Gasteiger partial charge in [0.1, 0.15) is 6.29 Å². The van der Waals surface area contributed by atoms with Crippen molar-refractivity contribution in [2.24, 2.45) is 0 Å². The number of aldehydes is 1. The molecule has 1 aliphatic rings. The summed E-state index contributed by atoms with van der Waals surface area (Å²) in [6.45, 7) is 0.680. The van der Waals surface area contributed by atoms with Gasteiger partial charge in [-0.05, 0) is 24.3 Å². The highest BCUT2D eigenvalue weighted by Gasteiger charge is 2.17. The molecule has 1 aliphatic heterocycles. The number of amides is 1. The van der Waals surface area contributed by atoms with E-state index in [2.05, 4.69) is 5.43 Å². The van der Waals surface area contributed by atoms with E-state index in [1.165, 1.54) is 0 Å². The normalized spacial score (nSPS) is 15.4. The minimum Gasteiger partial charge on any atom is -0.298 e. The Kier molecular flexibility index (Phi) is 2.18. The summed E-state index contributed by atoms with van der Waals surface area (Å²) in [6.07, 6.45) is 1.32. The number of carbonyl (C=O) groups is 2. The van der Waals surface area contributed by atoms with Crippen LogP contribution >= 0.6 is 0 Å². The van der Waals surface area contributed by atoms with E-state index < -0.39 is 0 Å². The fourth-order valence-corrected chi connectivity index (χ4v) is 1.40. The molecule has 1 N–H and O–H groups in total. The summed E-state index contributed by atoms with van der Waals surface area (Å²) < 4.78 is 0. The summed E-state index contributed by atoms with van der Waals surface area (Å²) in [5.41, 5.74) is 4.26. The molecule has 0 radical (unpaired) electrons. The number of hydrazine groups is 1. The minimum absolute atomic E-state index is 0.0319. The topological polar surface area (TPSA) is 49.4 Å². The molecule has 0 aromatic heterocycles. The van der Waals surface area contributed by atoms with Gasteiger partial charge in [-0.15, -0.1) is 0 Å². The summed E-state index contributed by atoms with van der Waals surface area (Å²) in [5.74, 6) is 0.0319. The van der Waals surface area contributed by atoms with Crippen LogP contribution < -0.4 is 10.4 Å². The summed E-state index contributed by atoms with van der Waals surface area (Å²) in [5, 5.41) is 1.77. The van der Waals surface area contributed by atoms with Crippen LogP contribution in [0.25, 0.3) is 0 Å². The monoisotopic (exact) mass is 190 g/mol. The smallest absolute Gasteiger partial charge is 0.240 e. The molecule has 0 atom stereocenters. The minimum atomic E-state index is 0.0319. The molecule has 14 heavy (non-hydrogen) atoms. The van der Waals surface area contributed by atoms with E-state index in [-0.39, 0.29) is 5.91 Å². The third-order valence-electron chi connectivity index (χ3n) is 2.16. The van der Waals surface area contributed by atoms with E-state index in [1.807, 2.05) is 12.1 Å². The van der Waals surface area contributed by atoms with E-state index in [9.17, 15) is 9.59 Å². The summed E-state index contributed by atoms with van der Waals surface area (Å²) in [7, 11) is 0. The molecular formula is C10H10N2O2. The van der Waals surface area contributed by atoms with Gasteiger partial charge in [-0.2, -0.15) is 0 Å². The average molecular weight is 190 g/mol. The zero-order valence-electron chi connectivity index (χ0n) is 7.56. The van der Waals surface area contributed by atoms with Gasteiger partial charge in [-0.25, -0.2) is 0 Å². The maximum Gasteiger partial charge on any atom is 0.240 e. The first-order valence-electron chi connectivity index (χ1n) is 4.42. The first kappa shape index (κ1) is 8.74. The molecule has 1 fully saturated rings. The van der Waals surface area contributed by atoms with E-state index in [4.69, 9.17) is 0 Å². The van der Waals surface area contributed by atoms with Gasteiger partial charge < -0.3 is 0 Å². The van der Waals surface area contributed by atoms with Gasteiger partial charge in [0.2, 0.25) is 5.91 Å². The number of hydrogen-bond acceptors (Lipinski definition) is 3. The van der Waals surface area contributed by atoms with E-state index in [1.54, 1.807) is 17.1 Å². The lowest BCUT2D eigenvalue weighted by atomic mass is 10.2. The molecular weight excluding hydrogens is 180 g/mol. The maximum absolute atomic E-state index is 10.9. The highest BCUT2D eigenvalue weighted by molar-refractivity contribution is 5.82. The lowest BCUT2D eigenvalue weighted by molar-refractivity contribution is -0.119. The number of anilines is 1. The van der Waals surface area contributed by atoms with Crippen LogP contribution in [-0.4, -0.2) is 18.7 Å². The predicted molar refractivity (Wildman–Crippen MR) is 51.9 cm³/mol. The molecule has 1 heterocycles. The highest BCUT2D eigenvalue weighted by Crippen LogP contribution is 2.15. The number of nitrogens with one attached hydrogen (secondary N) is 1. The molecule has 72 valence electrons. The molecule has 0 unspecified atom stereocenters. The Labute approximate surface area is 81.5 Å². The largest absolute Gasteiger partial charge is 0.298 e. The third-order valence-corrected chi connectivity index (χ3v) is 2.16. The Balaban J connectivity index is 2.16. The van der Waals surface area contributed by atoms with Gasteiger partial charge in [0.15, 0.2) is 0 Å². The molecule has 0 saturated carbocycles. The van der Waals surface area contributed by atoms with Gasteiger partial charge in [0, 0.05) is 18.5 Å². The number of rotatable bonds is 2. The van der Waals surface area contributed by atoms with Crippen LogP contribution in [0.2, 0.25) is 0 Å². The van der Waals surface area contributed by atoms with Crippen molar-refractivity contribution >= 4 is 17.9 Å². The number of carbonyl (C=O) groups excluding carboxylic acids is 2. The molecule has 0 spiro atoms. The Morgan fingerprint density at radius 2 is 2.00 bits per heavy atom. The van der Waals surface area contributed by atoms with Crippen molar-refractivity contribution in [3.8, 4) is 0 Å². The quantitative estimate of drug-likeness (QED) is 0.700. The van der Waals surface area contributed by atoms with Crippen molar-refractivity contribution in [1.82, 2.24) is 5.43 Å². The van der Waals surface area contributed by atoms with Crippen molar-refractivity contribution in [2.75, 3.05) is 11.6 Å². The van der Waals surface area contributed by atoms with Gasteiger partial charge >= 0.3 is 0 Å². The van der Waals surface area contributed by atoms with Gasteiger partial charge in [0.05, 0.1) is 5.69 Å². The molecule has 1 aromatic carbocycles. The van der Waals surface area contributed by atoms with Crippen LogP contribution in [0.5, 0.6) is 0 Å². The fraction of sp³-hybridized carbons (Fsp3) is 0.200. The van der Waals surface area contributed by atoms with E-state index in [0.29, 0.717) is 18.5 Å².